The normalized spacial score (nSPS) is 11.7. The average Bonchev–Trinajstić information content (AvgIpc) is 3.27. The summed E-state index contributed by atoms with van der Waals surface area (Å²) in [6.07, 6.45) is 9.12. The smallest absolute Gasteiger partial charge is 0.493 e. The van der Waals surface area contributed by atoms with Crippen LogP contribution >= 0.6 is 0 Å². The maximum atomic E-state index is 13.6. The molecule has 0 aliphatic carbocycles. The molecule has 0 amide bonds. The highest BCUT2D eigenvalue weighted by atomic mass is 16.7. The molecule has 0 saturated heterocycles. The van der Waals surface area contributed by atoms with Crippen LogP contribution in [0.5, 0.6) is 34.5 Å². The molecule has 1 aromatic heterocycles. The van der Waals surface area contributed by atoms with Crippen LogP contribution in [0.1, 0.15) is 177 Å². The summed E-state index contributed by atoms with van der Waals surface area (Å²) in [6, 6.07) is 10.4. The number of hydrogen-bond acceptors (Lipinski definition) is 15. The van der Waals surface area contributed by atoms with Crippen molar-refractivity contribution >= 4 is 18.5 Å². The Bertz CT molecular complexity index is 2150. The van der Waals surface area contributed by atoms with Crippen LogP contribution in [0.2, 0.25) is 0 Å². The lowest BCUT2D eigenvalue weighted by Gasteiger charge is -2.22. The molecule has 72 heavy (non-hydrogen) atoms. The molecule has 0 unspecified atom stereocenters. The summed E-state index contributed by atoms with van der Waals surface area (Å²) in [5.41, 5.74) is -0.335. The molecule has 0 spiro atoms. The molecule has 0 N–H and O–H groups in total. The Balaban J connectivity index is 2.10. The highest BCUT2D eigenvalue weighted by Crippen LogP contribution is 2.44. The average molecular weight is 1000 g/mol. The minimum atomic E-state index is -0.954. The van der Waals surface area contributed by atoms with Crippen molar-refractivity contribution in [2.24, 2.45) is 0 Å². The Labute approximate surface area is 428 Å². The van der Waals surface area contributed by atoms with E-state index in [1.165, 1.54) is 0 Å². The lowest BCUT2D eigenvalue weighted by atomic mass is 10.0. The largest absolute Gasteiger partial charge is 0.514 e. The third-order valence-electron chi connectivity index (χ3n) is 10.9. The summed E-state index contributed by atoms with van der Waals surface area (Å²) >= 11 is 0. The Morgan fingerprint density at radius 1 is 0.389 bits per heavy atom. The summed E-state index contributed by atoms with van der Waals surface area (Å²) < 4.78 is 54.0. The minimum absolute atomic E-state index is 0.0420. The minimum Gasteiger partial charge on any atom is -0.493 e. The molecule has 15 heteroatoms. The second-order valence-corrected chi connectivity index (χ2v) is 20.9. The van der Waals surface area contributed by atoms with Crippen molar-refractivity contribution in [3.8, 4) is 68.7 Å². The number of carbonyl (C=O) groups excluding carboxylic acids is 3. The summed E-state index contributed by atoms with van der Waals surface area (Å²) in [5, 5.41) is 0. The van der Waals surface area contributed by atoms with Gasteiger partial charge in [0.05, 0.1) is 36.5 Å². The Morgan fingerprint density at radius 3 is 0.861 bits per heavy atom. The Morgan fingerprint density at radius 2 is 0.639 bits per heavy atom. The predicted molar refractivity (Wildman–Crippen MR) is 280 cm³/mol. The van der Waals surface area contributed by atoms with E-state index in [1.54, 1.807) is 119 Å². The van der Waals surface area contributed by atoms with Crippen molar-refractivity contribution in [1.82, 2.24) is 15.0 Å². The van der Waals surface area contributed by atoms with Gasteiger partial charge >= 0.3 is 18.5 Å². The van der Waals surface area contributed by atoms with Gasteiger partial charge in [-0.05, 0) is 139 Å². The zero-order valence-corrected chi connectivity index (χ0v) is 45.8. The van der Waals surface area contributed by atoms with Gasteiger partial charge in [0.15, 0.2) is 34.7 Å². The first-order chi connectivity index (χ1) is 33.9. The number of aromatic nitrogens is 3. The molecule has 1 heterocycles. The third-order valence-corrected chi connectivity index (χ3v) is 10.9. The number of ether oxygens (including phenoxy) is 9. The van der Waals surface area contributed by atoms with Crippen molar-refractivity contribution in [3.05, 3.63) is 53.1 Å². The molecule has 0 aliphatic heterocycles. The van der Waals surface area contributed by atoms with Crippen LogP contribution in [0, 0.1) is 20.8 Å². The van der Waals surface area contributed by atoms with Crippen LogP contribution in [0.3, 0.4) is 0 Å². The highest BCUT2D eigenvalue weighted by Gasteiger charge is 2.30. The molecule has 4 rings (SSSR count). The number of unbranched alkanes of at least 4 members (excludes halogenated alkanes) is 9. The molecule has 0 bridgehead atoms. The van der Waals surface area contributed by atoms with Gasteiger partial charge in [-0.15, -0.1) is 0 Å². The SMILES string of the molecule is CCCCCCOc1ccc(-c2nc(-c3ccc(OCCCCCC)c(C)c3OC(=O)OC(C)(C)C)nc(-c3ccc(OCCCCCC)c(C)c3OC(=O)OC(C)(C)C)n2)c(OC(=O)OC(C)(C)C)c1C. The van der Waals surface area contributed by atoms with Crippen LogP contribution in [-0.2, 0) is 14.2 Å². The van der Waals surface area contributed by atoms with Gasteiger partial charge in [0.1, 0.15) is 34.1 Å². The first-order valence-electron chi connectivity index (χ1n) is 25.7. The molecule has 396 valence electrons. The summed E-state index contributed by atoms with van der Waals surface area (Å²) in [5.74, 6) is 1.85. The van der Waals surface area contributed by atoms with E-state index in [-0.39, 0.29) is 51.4 Å². The van der Waals surface area contributed by atoms with Gasteiger partial charge in [-0.3, -0.25) is 0 Å². The molecule has 15 nitrogen and oxygen atoms in total. The zero-order valence-electron chi connectivity index (χ0n) is 45.8. The van der Waals surface area contributed by atoms with E-state index in [4.69, 9.17) is 57.6 Å². The fourth-order valence-corrected chi connectivity index (χ4v) is 7.35. The van der Waals surface area contributed by atoms with E-state index in [2.05, 4.69) is 20.8 Å². The summed E-state index contributed by atoms with van der Waals surface area (Å²) in [6.45, 7) is 28.8. The van der Waals surface area contributed by atoms with E-state index in [9.17, 15) is 14.4 Å². The highest BCUT2D eigenvalue weighted by molar-refractivity contribution is 5.81. The van der Waals surface area contributed by atoms with E-state index in [0.717, 1.165) is 77.0 Å². The van der Waals surface area contributed by atoms with E-state index in [0.29, 0.717) is 53.8 Å². The van der Waals surface area contributed by atoms with E-state index in [1.807, 2.05) is 0 Å². The topological polar surface area (TPSA) is 173 Å². The van der Waals surface area contributed by atoms with Crippen LogP contribution in [0.4, 0.5) is 14.4 Å². The van der Waals surface area contributed by atoms with Crippen LogP contribution in [0.15, 0.2) is 36.4 Å². The predicted octanol–water partition coefficient (Wildman–Crippen LogP) is 15.6. The summed E-state index contributed by atoms with van der Waals surface area (Å²) in [4.78, 5) is 55.9. The van der Waals surface area contributed by atoms with Gasteiger partial charge < -0.3 is 42.6 Å². The number of benzene rings is 3. The molecule has 4 aromatic rings. The quantitative estimate of drug-likeness (QED) is 0.0280. The van der Waals surface area contributed by atoms with Crippen LogP contribution in [0.25, 0.3) is 34.2 Å². The van der Waals surface area contributed by atoms with Crippen LogP contribution < -0.4 is 28.4 Å². The fraction of sp³-hybridized carbons (Fsp3) is 0.579. The lowest BCUT2D eigenvalue weighted by Crippen LogP contribution is -2.26. The number of rotatable bonds is 24. The molecule has 0 atom stereocenters. The number of hydrogen-bond donors (Lipinski definition) is 0. The van der Waals surface area contributed by atoms with Gasteiger partial charge in [-0.25, -0.2) is 29.3 Å². The second-order valence-electron chi connectivity index (χ2n) is 20.9. The van der Waals surface area contributed by atoms with E-state index >= 15 is 0 Å². The van der Waals surface area contributed by atoms with Gasteiger partial charge in [0.2, 0.25) is 0 Å². The molecule has 3 aromatic carbocycles. The second kappa shape index (κ2) is 27.1. The van der Waals surface area contributed by atoms with Gasteiger partial charge in [-0.2, -0.15) is 0 Å². The Kier molecular flexibility index (Phi) is 22.0. The molecule has 0 radical (unpaired) electrons. The third kappa shape index (κ3) is 18.5. The maximum Gasteiger partial charge on any atom is 0.514 e. The van der Waals surface area contributed by atoms with E-state index < -0.39 is 35.3 Å². The maximum absolute atomic E-state index is 13.6. The Hall–Kier alpha value is -6.12. The lowest BCUT2D eigenvalue weighted by molar-refractivity contribution is 0.0192. The first-order valence-corrected chi connectivity index (χ1v) is 25.7. The van der Waals surface area contributed by atoms with Gasteiger partial charge in [0, 0.05) is 16.7 Å². The van der Waals surface area contributed by atoms with Crippen molar-refractivity contribution in [1.29, 1.82) is 0 Å². The van der Waals surface area contributed by atoms with Crippen molar-refractivity contribution < 1.29 is 57.0 Å². The summed E-state index contributed by atoms with van der Waals surface area (Å²) in [7, 11) is 0. The molecular weight excluding hydrogens is 919 g/mol. The van der Waals surface area contributed by atoms with Gasteiger partial charge in [0.25, 0.3) is 0 Å². The van der Waals surface area contributed by atoms with Gasteiger partial charge in [-0.1, -0.05) is 78.6 Å². The molecule has 0 saturated carbocycles. The zero-order chi connectivity index (χ0) is 53.2. The molecule has 0 aliphatic rings. The van der Waals surface area contributed by atoms with Crippen molar-refractivity contribution in [2.75, 3.05) is 19.8 Å². The molecule has 0 fully saturated rings. The number of carbonyl (C=O) groups is 3. The fourth-order valence-electron chi connectivity index (χ4n) is 7.35. The first kappa shape index (κ1) is 58.5. The van der Waals surface area contributed by atoms with Crippen LogP contribution in [-0.4, -0.2) is 70.0 Å². The standard InChI is InChI=1S/C57H81N3O12/c1-16-19-22-25-34-64-43-31-28-40(46(37(43)4)67-52(61)70-55(7,8)9)49-58-50(41-29-32-44(65-35-26-23-20-17-2)38(5)47(41)68-53(62)71-56(10,11)12)60-51(59-49)42-30-33-45(66-36-27-24-21-18-3)39(6)48(42)69-54(63)72-57(13,14)15/h28-33H,16-27,34-36H2,1-15H3. The van der Waals surface area contributed by atoms with Crippen molar-refractivity contribution in [2.45, 2.75) is 198 Å². The van der Waals surface area contributed by atoms with Crippen molar-refractivity contribution in [3.63, 3.8) is 0 Å². The monoisotopic (exact) mass is 1000 g/mol. The number of nitrogens with zero attached hydrogens (tertiary/aromatic N) is 3. The molecular formula is C57H81N3O12.